The number of carbonyl (C=O) groups is 1. The van der Waals surface area contributed by atoms with Crippen molar-refractivity contribution in [3.8, 4) is 0 Å². The van der Waals surface area contributed by atoms with Crippen LogP contribution in [-0.4, -0.2) is 36.0 Å². The van der Waals surface area contributed by atoms with Gasteiger partial charge in [-0.1, -0.05) is 0 Å². The molecule has 0 heterocycles. The largest absolute Gasteiger partial charge is 0.351 e. The molecule has 0 aromatic rings. The number of amides is 2. The first-order valence-corrected chi connectivity index (χ1v) is 4.50. The van der Waals surface area contributed by atoms with E-state index in [0.717, 1.165) is 5.75 Å². The molecule has 1 atom stereocenters. The van der Waals surface area contributed by atoms with Gasteiger partial charge in [-0.2, -0.15) is 11.8 Å². The summed E-state index contributed by atoms with van der Waals surface area (Å²) in [6, 6.07) is -0.131. The zero-order chi connectivity index (χ0) is 8.15. The third-order valence-corrected chi connectivity index (χ3v) is 2.23. The van der Waals surface area contributed by atoms with Gasteiger partial charge in [0.25, 0.3) is 0 Å². The fourth-order valence-electron chi connectivity index (χ4n) is 0.570. The molecule has 0 aliphatic heterocycles. The van der Waals surface area contributed by atoms with Crippen LogP contribution in [0.25, 0.3) is 0 Å². The van der Waals surface area contributed by atoms with E-state index in [1.54, 1.807) is 18.8 Å². The highest BCUT2D eigenvalue weighted by Gasteiger charge is 2.10. The summed E-state index contributed by atoms with van der Waals surface area (Å²) in [4.78, 5) is 12.1. The summed E-state index contributed by atoms with van der Waals surface area (Å²) < 4.78 is 0. The van der Waals surface area contributed by atoms with Gasteiger partial charge in [-0.3, -0.25) is 0 Å². The molecule has 2 amide bonds. The number of primary amides is 1. The number of rotatable bonds is 3. The first kappa shape index (κ1) is 9.62. The summed E-state index contributed by atoms with van der Waals surface area (Å²) >= 11 is 1.71. The lowest BCUT2D eigenvalue weighted by molar-refractivity contribution is 0.208. The van der Waals surface area contributed by atoms with Gasteiger partial charge in [-0.15, -0.1) is 0 Å². The predicted molar refractivity (Wildman–Crippen MR) is 45.2 cm³/mol. The van der Waals surface area contributed by atoms with Gasteiger partial charge in [0.15, 0.2) is 0 Å². The number of nitrogens with two attached hydrogens (primary N) is 1. The predicted octanol–water partition coefficient (Wildman–Crippen LogP) is 0.748. The number of carbonyl (C=O) groups excluding carboxylic acids is 1. The van der Waals surface area contributed by atoms with Gasteiger partial charge in [0.1, 0.15) is 0 Å². The second kappa shape index (κ2) is 4.44. The van der Waals surface area contributed by atoms with Crippen molar-refractivity contribution in [3.05, 3.63) is 0 Å². The monoisotopic (exact) mass is 162 g/mol. The number of hydrogen-bond donors (Lipinski definition) is 1. The van der Waals surface area contributed by atoms with E-state index in [2.05, 4.69) is 0 Å². The molecule has 0 rings (SSSR count). The molecule has 0 bridgehead atoms. The quantitative estimate of drug-likeness (QED) is 0.665. The van der Waals surface area contributed by atoms with Crippen molar-refractivity contribution in [2.45, 2.75) is 13.0 Å². The van der Waals surface area contributed by atoms with Gasteiger partial charge >= 0.3 is 6.03 Å². The maximum Gasteiger partial charge on any atom is 0.314 e. The molecule has 0 radical (unpaired) electrons. The minimum atomic E-state index is -0.360. The highest BCUT2D eigenvalue weighted by atomic mass is 32.2. The third kappa shape index (κ3) is 2.96. The Morgan fingerprint density at radius 1 is 1.80 bits per heavy atom. The van der Waals surface area contributed by atoms with E-state index in [1.807, 2.05) is 13.2 Å². The molecular formula is C6H14N2OS. The second-order valence-electron chi connectivity index (χ2n) is 2.25. The van der Waals surface area contributed by atoms with Crippen LogP contribution in [0.4, 0.5) is 4.79 Å². The van der Waals surface area contributed by atoms with Crippen molar-refractivity contribution in [3.63, 3.8) is 0 Å². The third-order valence-electron chi connectivity index (χ3n) is 1.42. The molecule has 0 aromatic heterocycles. The van der Waals surface area contributed by atoms with Crippen molar-refractivity contribution < 1.29 is 4.79 Å². The molecule has 1 unspecified atom stereocenters. The highest BCUT2D eigenvalue weighted by molar-refractivity contribution is 7.98. The molecule has 0 fully saturated rings. The van der Waals surface area contributed by atoms with E-state index in [9.17, 15) is 4.79 Å². The fourth-order valence-corrected chi connectivity index (χ4v) is 1.28. The highest BCUT2D eigenvalue weighted by Crippen LogP contribution is 2.02. The Morgan fingerprint density at radius 2 is 2.30 bits per heavy atom. The van der Waals surface area contributed by atoms with Crippen molar-refractivity contribution in [1.82, 2.24) is 4.90 Å². The van der Waals surface area contributed by atoms with Crippen molar-refractivity contribution in [2.75, 3.05) is 19.1 Å². The van der Waals surface area contributed by atoms with Crippen LogP contribution in [0.2, 0.25) is 0 Å². The van der Waals surface area contributed by atoms with Crippen LogP contribution in [0.1, 0.15) is 6.92 Å². The summed E-state index contributed by atoms with van der Waals surface area (Å²) in [6.07, 6.45) is 2.01. The maximum absolute atomic E-state index is 10.6. The minimum absolute atomic E-state index is 0.229. The van der Waals surface area contributed by atoms with E-state index in [-0.39, 0.29) is 12.1 Å². The summed E-state index contributed by atoms with van der Waals surface area (Å²) in [6.45, 7) is 1.97. The van der Waals surface area contributed by atoms with E-state index in [1.165, 1.54) is 4.90 Å². The Morgan fingerprint density at radius 3 is 2.60 bits per heavy atom. The van der Waals surface area contributed by atoms with Crippen LogP contribution in [0, 0.1) is 0 Å². The lowest BCUT2D eigenvalue weighted by atomic mass is 10.4. The van der Waals surface area contributed by atoms with Crippen LogP contribution >= 0.6 is 11.8 Å². The van der Waals surface area contributed by atoms with Crippen LogP contribution in [0.5, 0.6) is 0 Å². The second-order valence-corrected chi connectivity index (χ2v) is 3.16. The van der Waals surface area contributed by atoms with Gasteiger partial charge in [0.05, 0.1) is 0 Å². The van der Waals surface area contributed by atoms with E-state index >= 15 is 0 Å². The number of nitrogens with zero attached hydrogens (tertiary/aromatic N) is 1. The SMILES string of the molecule is CSCC(C)N(C)C(N)=O. The lowest BCUT2D eigenvalue weighted by Gasteiger charge is -2.21. The molecule has 10 heavy (non-hydrogen) atoms. The van der Waals surface area contributed by atoms with Crippen molar-refractivity contribution >= 4 is 17.8 Å². The van der Waals surface area contributed by atoms with Gasteiger partial charge in [0, 0.05) is 18.8 Å². The molecule has 0 saturated carbocycles. The van der Waals surface area contributed by atoms with Gasteiger partial charge in [-0.25, -0.2) is 4.79 Å². The Balaban J connectivity index is 3.69. The van der Waals surface area contributed by atoms with Crippen LogP contribution < -0.4 is 5.73 Å². The number of hydrogen-bond acceptors (Lipinski definition) is 2. The first-order chi connectivity index (χ1) is 4.59. The summed E-state index contributed by atoms with van der Waals surface area (Å²) in [5.74, 6) is 0.930. The van der Waals surface area contributed by atoms with Crippen LogP contribution in [0.15, 0.2) is 0 Å². The molecule has 4 heteroatoms. The van der Waals surface area contributed by atoms with Gasteiger partial charge < -0.3 is 10.6 Å². The molecule has 0 spiro atoms. The number of thioether (sulfide) groups is 1. The average molecular weight is 162 g/mol. The standard InChI is InChI=1S/C6H14N2OS/c1-5(4-10-3)8(2)6(7)9/h5H,4H2,1-3H3,(H2,7,9). The van der Waals surface area contributed by atoms with Crippen molar-refractivity contribution in [2.24, 2.45) is 5.73 Å². The first-order valence-electron chi connectivity index (χ1n) is 3.10. The topological polar surface area (TPSA) is 46.3 Å². The molecule has 60 valence electrons. The Hall–Kier alpha value is -0.380. The zero-order valence-electron chi connectivity index (χ0n) is 6.63. The Labute approximate surface area is 65.9 Å². The molecule has 2 N–H and O–H groups in total. The van der Waals surface area contributed by atoms with Crippen LogP contribution in [-0.2, 0) is 0 Å². The van der Waals surface area contributed by atoms with Crippen LogP contribution in [0.3, 0.4) is 0 Å². The maximum atomic E-state index is 10.6. The Bertz CT molecular complexity index is 118. The smallest absolute Gasteiger partial charge is 0.314 e. The fraction of sp³-hybridized carbons (Fsp3) is 0.833. The minimum Gasteiger partial charge on any atom is -0.351 e. The van der Waals surface area contributed by atoms with E-state index in [4.69, 9.17) is 5.73 Å². The molecular weight excluding hydrogens is 148 g/mol. The van der Waals surface area contributed by atoms with E-state index < -0.39 is 0 Å². The van der Waals surface area contributed by atoms with Crippen molar-refractivity contribution in [1.29, 1.82) is 0 Å². The average Bonchev–Trinajstić information content (AvgIpc) is 1.87. The molecule has 0 aromatic carbocycles. The summed E-state index contributed by atoms with van der Waals surface area (Å²) in [5.41, 5.74) is 5.04. The molecule has 0 saturated heterocycles. The number of urea groups is 1. The van der Waals surface area contributed by atoms with Gasteiger partial charge in [-0.05, 0) is 13.2 Å². The van der Waals surface area contributed by atoms with Gasteiger partial charge in [0.2, 0.25) is 0 Å². The Kier molecular flexibility index (Phi) is 4.27. The molecule has 3 nitrogen and oxygen atoms in total. The molecule has 0 aliphatic carbocycles. The normalized spacial score (nSPS) is 12.7. The van der Waals surface area contributed by atoms with E-state index in [0.29, 0.717) is 0 Å². The summed E-state index contributed by atoms with van der Waals surface area (Å²) in [5, 5.41) is 0. The lowest BCUT2D eigenvalue weighted by Crippen LogP contribution is -2.40. The molecule has 0 aliphatic rings. The summed E-state index contributed by atoms with van der Waals surface area (Å²) in [7, 11) is 1.71. The zero-order valence-corrected chi connectivity index (χ0v) is 7.44.